The van der Waals surface area contributed by atoms with Gasteiger partial charge in [-0.2, -0.15) is 0 Å². The van der Waals surface area contributed by atoms with Gasteiger partial charge in [-0.05, 0) is 6.07 Å². The van der Waals surface area contributed by atoms with Gasteiger partial charge in [0.2, 0.25) is 0 Å². The average Bonchev–Trinajstić information content (AvgIpc) is 2.76. The second kappa shape index (κ2) is 5.23. The molecule has 2 heterocycles. The molecular formula is C10H10ClN3OS. The number of thiazole rings is 1. The molecule has 0 saturated heterocycles. The van der Waals surface area contributed by atoms with Crippen LogP contribution in [0.15, 0.2) is 28.6 Å². The van der Waals surface area contributed by atoms with Crippen LogP contribution in [0.2, 0.25) is 0 Å². The van der Waals surface area contributed by atoms with Crippen molar-refractivity contribution in [2.24, 2.45) is 0 Å². The van der Waals surface area contributed by atoms with E-state index in [-0.39, 0.29) is 5.69 Å². The molecular weight excluding hydrogens is 246 g/mol. The lowest BCUT2D eigenvalue weighted by atomic mass is 10.4. The van der Waals surface area contributed by atoms with Crippen LogP contribution in [-0.2, 0) is 18.8 Å². The lowest BCUT2D eigenvalue weighted by molar-refractivity contribution is 0.646. The van der Waals surface area contributed by atoms with Crippen molar-refractivity contribution in [1.82, 2.24) is 14.5 Å². The van der Waals surface area contributed by atoms with Crippen LogP contribution in [0.3, 0.4) is 0 Å². The van der Waals surface area contributed by atoms with Gasteiger partial charge in [-0.25, -0.2) is 14.8 Å². The maximum Gasteiger partial charge on any atom is 0.347 e. The Morgan fingerprint density at radius 3 is 3.06 bits per heavy atom. The Balaban J connectivity index is 2.02. The van der Waals surface area contributed by atoms with E-state index in [9.17, 15) is 4.79 Å². The smallest absolute Gasteiger partial charge is 0.299 e. The zero-order chi connectivity index (χ0) is 11.4. The van der Waals surface area contributed by atoms with Crippen LogP contribution in [0.4, 0.5) is 0 Å². The first kappa shape index (κ1) is 11.3. The minimum absolute atomic E-state index is 0.225. The molecule has 0 bridgehead atoms. The van der Waals surface area contributed by atoms with Crippen molar-refractivity contribution in [3.8, 4) is 0 Å². The SMILES string of the molecule is O=c1ncccn1CCc1nc(CCl)cs1. The summed E-state index contributed by atoms with van der Waals surface area (Å²) in [6, 6.07) is 1.74. The first-order valence-corrected chi connectivity index (χ1v) is 6.21. The molecule has 16 heavy (non-hydrogen) atoms. The third-order valence-electron chi connectivity index (χ3n) is 2.09. The van der Waals surface area contributed by atoms with Gasteiger partial charge in [-0.3, -0.25) is 4.57 Å². The van der Waals surface area contributed by atoms with Gasteiger partial charge in [-0.1, -0.05) is 0 Å². The average molecular weight is 256 g/mol. The first-order chi connectivity index (χ1) is 7.79. The van der Waals surface area contributed by atoms with Gasteiger partial charge in [-0.15, -0.1) is 22.9 Å². The zero-order valence-corrected chi connectivity index (χ0v) is 10.0. The predicted octanol–water partition coefficient (Wildman–Crippen LogP) is 1.68. The monoisotopic (exact) mass is 255 g/mol. The summed E-state index contributed by atoms with van der Waals surface area (Å²) < 4.78 is 1.57. The van der Waals surface area contributed by atoms with Crippen LogP contribution in [-0.4, -0.2) is 14.5 Å². The molecule has 0 aliphatic carbocycles. The maximum atomic E-state index is 11.3. The number of rotatable bonds is 4. The van der Waals surface area contributed by atoms with Crippen molar-refractivity contribution in [2.75, 3.05) is 0 Å². The molecule has 0 aliphatic heterocycles. The van der Waals surface area contributed by atoms with Crippen LogP contribution >= 0.6 is 22.9 Å². The summed E-state index contributed by atoms with van der Waals surface area (Å²) >= 11 is 7.23. The number of halogens is 1. The van der Waals surface area contributed by atoms with Crippen LogP contribution in [0, 0.1) is 0 Å². The van der Waals surface area contributed by atoms with Crippen LogP contribution < -0.4 is 5.69 Å². The van der Waals surface area contributed by atoms with E-state index in [0.717, 1.165) is 17.1 Å². The summed E-state index contributed by atoms with van der Waals surface area (Å²) in [5.41, 5.74) is 0.664. The van der Waals surface area contributed by atoms with Crippen LogP contribution in [0.25, 0.3) is 0 Å². The fraction of sp³-hybridized carbons (Fsp3) is 0.300. The van der Waals surface area contributed by atoms with Crippen molar-refractivity contribution in [1.29, 1.82) is 0 Å². The number of hydrogen-bond acceptors (Lipinski definition) is 4. The van der Waals surface area contributed by atoms with Gasteiger partial charge >= 0.3 is 5.69 Å². The van der Waals surface area contributed by atoms with E-state index >= 15 is 0 Å². The molecule has 0 radical (unpaired) electrons. The topological polar surface area (TPSA) is 47.8 Å². The summed E-state index contributed by atoms with van der Waals surface area (Å²) in [7, 11) is 0. The third-order valence-corrected chi connectivity index (χ3v) is 3.32. The van der Waals surface area contributed by atoms with Crippen molar-refractivity contribution >= 4 is 22.9 Å². The Hall–Kier alpha value is -1.20. The van der Waals surface area contributed by atoms with E-state index in [1.54, 1.807) is 28.2 Å². The predicted molar refractivity (Wildman–Crippen MR) is 63.9 cm³/mol. The molecule has 2 rings (SSSR count). The molecule has 0 aromatic carbocycles. The summed E-state index contributed by atoms with van der Waals surface area (Å²) in [4.78, 5) is 19.3. The highest BCUT2D eigenvalue weighted by molar-refractivity contribution is 7.09. The minimum atomic E-state index is -0.225. The Morgan fingerprint density at radius 1 is 1.50 bits per heavy atom. The Bertz CT molecular complexity index is 523. The van der Waals surface area contributed by atoms with Crippen molar-refractivity contribution in [3.63, 3.8) is 0 Å². The van der Waals surface area contributed by atoms with Gasteiger partial charge in [0, 0.05) is 30.7 Å². The fourth-order valence-corrected chi connectivity index (χ4v) is 2.31. The number of aromatic nitrogens is 3. The zero-order valence-electron chi connectivity index (χ0n) is 8.47. The summed E-state index contributed by atoms with van der Waals surface area (Å²) in [5, 5.41) is 2.93. The molecule has 2 aromatic rings. The summed E-state index contributed by atoms with van der Waals surface area (Å²) in [6.45, 7) is 0.599. The van der Waals surface area contributed by atoms with Gasteiger partial charge in [0.05, 0.1) is 16.6 Å². The van der Waals surface area contributed by atoms with Gasteiger partial charge < -0.3 is 0 Å². The Morgan fingerprint density at radius 2 is 2.38 bits per heavy atom. The van der Waals surface area contributed by atoms with Gasteiger partial charge in [0.15, 0.2) is 0 Å². The highest BCUT2D eigenvalue weighted by Gasteiger charge is 2.02. The lowest BCUT2D eigenvalue weighted by Crippen LogP contribution is -2.22. The molecule has 0 aliphatic rings. The Labute approximate surface area is 102 Å². The molecule has 6 heteroatoms. The van der Waals surface area contributed by atoms with Crippen LogP contribution in [0.5, 0.6) is 0 Å². The number of alkyl halides is 1. The van der Waals surface area contributed by atoms with Crippen molar-refractivity contribution < 1.29 is 0 Å². The van der Waals surface area contributed by atoms with E-state index < -0.39 is 0 Å². The number of nitrogens with zero attached hydrogens (tertiary/aromatic N) is 3. The van der Waals surface area contributed by atoms with E-state index in [4.69, 9.17) is 11.6 Å². The highest BCUT2D eigenvalue weighted by Crippen LogP contribution is 2.12. The van der Waals surface area contributed by atoms with Gasteiger partial charge in [0.1, 0.15) is 0 Å². The molecule has 0 atom stereocenters. The minimum Gasteiger partial charge on any atom is -0.299 e. The first-order valence-electron chi connectivity index (χ1n) is 4.80. The third kappa shape index (κ3) is 2.68. The normalized spacial score (nSPS) is 10.6. The second-order valence-corrected chi connectivity index (χ2v) is 4.42. The van der Waals surface area contributed by atoms with E-state index in [0.29, 0.717) is 12.4 Å². The molecule has 0 saturated carbocycles. The van der Waals surface area contributed by atoms with Gasteiger partial charge in [0.25, 0.3) is 0 Å². The molecule has 84 valence electrons. The van der Waals surface area contributed by atoms with Crippen molar-refractivity contribution in [2.45, 2.75) is 18.8 Å². The largest absolute Gasteiger partial charge is 0.347 e. The Kier molecular flexibility index (Phi) is 3.69. The second-order valence-electron chi connectivity index (χ2n) is 3.21. The molecule has 4 nitrogen and oxygen atoms in total. The molecule has 0 fully saturated rings. The number of hydrogen-bond donors (Lipinski definition) is 0. The summed E-state index contributed by atoms with van der Waals surface area (Å²) in [6.07, 6.45) is 3.95. The lowest BCUT2D eigenvalue weighted by Gasteiger charge is -2.01. The molecule has 0 spiro atoms. The molecule has 0 amide bonds. The maximum absolute atomic E-state index is 11.3. The quantitative estimate of drug-likeness (QED) is 0.781. The highest BCUT2D eigenvalue weighted by atomic mass is 35.5. The van der Waals surface area contributed by atoms with E-state index in [1.165, 1.54) is 6.20 Å². The summed E-state index contributed by atoms with van der Waals surface area (Å²) in [5.74, 6) is 0.434. The van der Waals surface area contributed by atoms with E-state index in [1.807, 2.05) is 5.38 Å². The van der Waals surface area contributed by atoms with Crippen molar-refractivity contribution in [3.05, 3.63) is 45.0 Å². The van der Waals surface area contributed by atoms with Crippen LogP contribution in [0.1, 0.15) is 10.7 Å². The fourth-order valence-electron chi connectivity index (χ4n) is 1.30. The van der Waals surface area contributed by atoms with E-state index in [2.05, 4.69) is 9.97 Å². The molecule has 0 unspecified atom stereocenters. The number of aryl methyl sites for hydroxylation is 2. The standard InChI is InChI=1S/C10H10ClN3OS/c11-6-8-7-16-9(13-8)2-5-14-4-1-3-12-10(14)15/h1,3-4,7H,2,5-6H2. The molecule has 2 aromatic heterocycles. The molecule has 0 N–H and O–H groups in total.